The second-order valence-electron chi connectivity index (χ2n) is 9.01. The van der Waals surface area contributed by atoms with Gasteiger partial charge in [-0.15, -0.1) is 0 Å². The number of hydrogen-bond donors (Lipinski definition) is 1. The molecular weight excluding hydrogens is 407 g/mol. The third-order valence-electron chi connectivity index (χ3n) is 6.18. The molecule has 5 heteroatoms. The lowest BCUT2D eigenvalue weighted by molar-refractivity contribution is 0.288. The summed E-state index contributed by atoms with van der Waals surface area (Å²) >= 11 is 0. The van der Waals surface area contributed by atoms with Gasteiger partial charge in [-0.25, -0.2) is 4.57 Å². The maximum absolute atomic E-state index is 12.9. The van der Waals surface area contributed by atoms with Gasteiger partial charge in [-0.3, -0.25) is 4.89 Å². The molecule has 3 rings (SSSR count). The van der Waals surface area contributed by atoms with Gasteiger partial charge in [0.25, 0.3) is 0 Å². The molecule has 0 radical (unpaired) electrons. The number of unbranched alkanes of at least 4 members (excludes halogenated alkanes) is 2. The summed E-state index contributed by atoms with van der Waals surface area (Å²) in [6.07, 6.45) is 9.95. The van der Waals surface area contributed by atoms with Gasteiger partial charge in [0, 0.05) is 0 Å². The first kappa shape index (κ1) is 23.9. The molecule has 170 valence electrons. The van der Waals surface area contributed by atoms with Gasteiger partial charge in [0.1, 0.15) is 11.5 Å². The minimum absolute atomic E-state index is 0.397. The monoisotopic (exact) mass is 444 g/mol. The third kappa shape index (κ3) is 6.60. The first-order chi connectivity index (χ1) is 14.8. The van der Waals surface area contributed by atoms with E-state index in [4.69, 9.17) is 9.05 Å². The van der Waals surface area contributed by atoms with E-state index in [1.54, 1.807) is 6.07 Å². The molecule has 0 heterocycles. The molecule has 2 unspecified atom stereocenters. The number of phosphoric acid groups is 1. The van der Waals surface area contributed by atoms with E-state index in [9.17, 15) is 9.46 Å². The molecule has 31 heavy (non-hydrogen) atoms. The predicted molar refractivity (Wildman–Crippen MR) is 127 cm³/mol. The van der Waals surface area contributed by atoms with Crippen molar-refractivity contribution in [2.45, 2.75) is 85.5 Å². The Morgan fingerprint density at radius 3 is 2.55 bits per heavy atom. The predicted octanol–water partition coefficient (Wildman–Crippen LogP) is 7.50. The number of fused-ring (bicyclic) bond motifs is 2. The number of phosphoric ester groups is 1. The molecule has 1 N–H and O–H groups in total. The summed E-state index contributed by atoms with van der Waals surface area (Å²) in [6, 6.07) is 10.0. The Kier molecular flexibility index (Phi) is 8.24. The smallest absolute Gasteiger partial charge is 0.395 e. The SMILES string of the molecule is CCCCCc1ccc(OP(=O)(O)Oc2c(C)cc3cc2CCC(CCC)C3)c(C)c1. The summed E-state index contributed by atoms with van der Waals surface area (Å²) in [6.45, 7) is 8.26. The van der Waals surface area contributed by atoms with Gasteiger partial charge >= 0.3 is 7.82 Å². The lowest BCUT2D eigenvalue weighted by Gasteiger charge is -2.19. The van der Waals surface area contributed by atoms with Gasteiger partial charge in [0.15, 0.2) is 0 Å². The van der Waals surface area contributed by atoms with Crippen LogP contribution in [0.5, 0.6) is 11.5 Å². The molecule has 4 nitrogen and oxygen atoms in total. The van der Waals surface area contributed by atoms with Crippen LogP contribution in [0.15, 0.2) is 30.3 Å². The largest absolute Gasteiger partial charge is 0.584 e. The highest BCUT2D eigenvalue weighted by atomic mass is 31.2. The first-order valence-electron chi connectivity index (χ1n) is 11.7. The van der Waals surface area contributed by atoms with E-state index in [1.165, 1.54) is 36.8 Å². The molecule has 2 aromatic carbocycles. The molecular formula is C26H37O4P. The van der Waals surface area contributed by atoms with Crippen molar-refractivity contribution in [1.82, 2.24) is 0 Å². The van der Waals surface area contributed by atoms with Crippen molar-refractivity contribution >= 4 is 7.82 Å². The van der Waals surface area contributed by atoms with Crippen LogP contribution in [0.4, 0.5) is 0 Å². The van der Waals surface area contributed by atoms with Crippen molar-refractivity contribution in [3.05, 3.63) is 58.1 Å². The van der Waals surface area contributed by atoms with Crippen LogP contribution in [-0.2, 0) is 23.8 Å². The second-order valence-corrected chi connectivity index (χ2v) is 10.3. The normalized spacial score (nSPS) is 17.6. The maximum atomic E-state index is 12.9. The van der Waals surface area contributed by atoms with E-state index in [-0.39, 0.29) is 0 Å². The molecule has 0 amide bonds. The summed E-state index contributed by atoms with van der Waals surface area (Å²) in [5, 5.41) is 0. The minimum atomic E-state index is -4.30. The Balaban J connectivity index is 1.72. The van der Waals surface area contributed by atoms with Crippen molar-refractivity contribution in [1.29, 1.82) is 0 Å². The minimum Gasteiger partial charge on any atom is -0.395 e. The molecule has 1 aliphatic rings. The number of aryl methyl sites for hydroxylation is 4. The van der Waals surface area contributed by atoms with E-state index in [0.29, 0.717) is 17.4 Å². The van der Waals surface area contributed by atoms with E-state index >= 15 is 0 Å². The second kappa shape index (κ2) is 10.7. The molecule has 2 atom stereocenters. The van der Waals surface area contributed by atoms with Crippen LogP contribution in [0.3, 0.4) is 0 Å². The highest BCUT2D eigenvalue weighted by Gasteiger charge is 2.29. The third-order valence-corrected chi connectivity index (χ3v) is 7.02. The Bertz CT molecular complexity index is 937. The van der Waals surface area contributed by atoms with Gasteiger partial charge < -0.3 is 9.05 Å². The Hall–Kier alpha value is -1.77. The van der Waals surface area contributed by atoms with Crippen molar-refractivity contribution in [3.63, 3.8) is 0 Å². The van der Waals surface area contributed by atoms with Gasteiger partial charge in [-0.2, -0.15) is 0 Å². The van der Waals surface area contributed by atoms with Gasteiger partial charge in [0.05, 0.1) is 0 Å². The van der Waals surface area contributed by atoms with E-state index in [0.717, 1.165) is 48.8 Å². The first-order valence-corrected chi connectivity index (χ1v) is 13.2. The lowest BCUT2D eigenvalue weighted by atomic mass is 9.93. The zero-order valence-corrected chi connectivity index (χ0v) is 20.3. The van der Waals surface area contributed by atoms with Crippen LogP contribution in [0.1, 0.15) is 80.2 Å². The summed E-state index contributed by atoms with van der Waals surface area (Å²) in [5.74, 6) is 1.56. The molecule has 2 aromatic rings. The van der Waals surface area contributed by atoms with Crippen LogP contribution in [0.25, 0.3) is 0 Å². The van der Waals surface area contributed by atoms with Crippen molar-refractivity contribution in [3.8, 4) is 11.5 Å². The molecule has 0 aliphatic heterocycles. The fourth-order valence-electron chi connectivity index (χ4n) is 4.62. The average Bonchev–Trinajstić information content (AvgIpc) is 2.87. The van der Waals surface area contributed by atoms with Crippen molar-refractivity contribution in [2.24, 2.45) is 5.92 Å². The average molecular weight is 445 g/mol. The molecule has 2 bridgehead atoms. The quantitative estimate of drug-likeness (QED) is 0.304. The summed E-state index contributed by atoms with van der Waals surface area (Å²) in [7, 11) is -4.30. The van der Waals surface area contributed by atoms with Crippen molar-refractivity contribution in [2.75, 3.05) is 0 Å². The highest BCUT2D eigenvalue weighted by Crippen LogP contribution is 2.48. The van der Waals surface area contributed by atoms with Crippen LogP contribution < -0.4 is 9.05 Å². The molecule has 0 spiro atoms. The molecule has 1 aliphatic carbocycles. The Labute approximate surface area is 187 Å². The van der Waals surface area contributed by atoms with Crippen LogP contribution in [0, 0.1) is 19.8 Å². The fourth-order valence-corrected chi connectivity index (χ4v) is 5.60. The van der Waals surface area contributed by atoms with Gasteiger partial charge in [-0.1, -0.05) is 63.8 Å². The summed E-state index contributed by atoms with van der Waals surface area (Å²) < 4.78 is 24.0. The number of benzene rings is 2. The Morgan fingerprint density at radius 2 is 1.84 bits per heavy atom. The van der Waals surface area contributed by atoms with Crippen LogP contribution in [-0.4, -0.2) is 4.89 Å². The molecule has 0 saturated heterocycles. The van der Waals surface area contributed by atoms with E-state index in [1.807, 2.05) is 26.0 Å². The van der Waals surface area contributed by atoms with Gasteiger partial charge in [-0.05, 0) is 85.8 Å². The van der Waals surface area contributed by atoms with E-state index < -0.39 is 7.82 Å². The topological polar surface area (TPSA) is 55.8 Å². The van der Waals surface area contributed by atoms with Crippen LogP contribution in [0.2, 0.25) is 0 Å². The summed E-state index contributed by atoms with van der Waals surface area (Å²) in [4.78, 5) is 10.5. The standard InChI is InChI=1S/C26H37O4P/c1-5-7-8-10-22-12-14-25(19(3)15-22)29-31(27,28)30-26-20(4)16-23-17-21(9-6-2)11-13-24(26)18-23/h12,14-16,18,21H,5-11,13,17H2,1-4H3,(H,27,28). The summed E-state index contributed by atoms with van der Waals surface area (Å²) in [5.41, 5.74) is 5.26. The fraction of sp³-hybridized carbons (Fsp3) is 0.538. The Morgan fingerprint density at radius 1 is 1.03 bits per heavy atom. The van der Waals surface area contributed by atoms with Gasteiger partial charge in [0.2, 0.25) is 0 Å². The molecule has 0 saturated carbocycles. The zero-order chi connectivity index (χ0) is 22.4. The van der Waals surface area contributed by atoms with Crippen molar-refractivity contribution < 1.29 is 18.5 Å². The highest BCUT2D eigenvalue weighted by molar-refractivity contribution is 7.48. The lowest BCUT2D eigenvalue weighted by Crippen LogP contribution is -2.04. The number of hydrogen-bond acceptors (Lipinski definition) is 3. The molecule has 0 fully saturated rings. The van der Waals surface area contributed by atoms with E-state index in [2.05, 4.69) is 26.0 Å². The number of rotatable bonds is 10. The zero-order valence-electron chi connectivity index (χ0n) is 19.4. The van der Waals surface area contributed by atoms with Crippen LogP contribution >= 0.6 is 7.82 Å². The maximum Gasteiger partial charge on any atom is 0.584 e. The molecule has 0 aromatic heterocycles.